The third kappa shape index (κ3) is 5.32. The van der Waals surface area contributed by atoms with E-state index in [-0.39, 0.29) is 0 Å². The first-order valence-corrected chi connectivity index (χ1v) is 9.16. The average molecular weight is 362 g/mol. The van der Waals surface area contributed by atoms with Crippen molar-refractivity contribution in [2.75, 3.05) is 32.7 Å². The van der Waals surface area contributed by atoms with Crippen molar-refractivity contribution in [3.05, 3.63) is 71.3 Å². The Kier molecular flexibility index (Phi) is 6.33. The molecule has 0 aromatic heterocycles. The molecule has 2 aromatic carbocycles. The molecule has 1 aliphatic rings. The molecule has 5 heteroatoms. The number of hydrogen-bond acceptors (Lipinski definition) is 2. The lowest BCUT2D eigenvalue weighted by Crippen LogP contribution is -2.46. The van der Waals surface area contributed by atoms with Crippen LogP contribution in [-0.4, -0.2) is 42.5 Å². The van der Waals surface area contributed by atoms with Gasteiger partial charge in [0.25, 0.3) is 0 Å². The van der Waals surface area contributed by atoms with Crippen LogP contribution in [0.2, 0.25) is 0 Å². The lowest BCUT2D eigenvalue weighted by atomic mass is 10.1. The van der Waals surface area contributed by atoms with E-state index in [0.29, 0.717) is 12.1 Å². The van der Waals surface area contributed by atoms with Crippen LogP contribution >= 0.6 is 0 Å². The van der Waals surface area contributed by atoms with Crippen LogP contribution in [0.3, 0.4) is 0 Å². The van der Waals surface area contributed by atoms with Crippen LogP contribution in [0.4, 0.5) is 13.2 Å². The molecule has 0 radical (unpaired) electrons. The SMILES string of the molecule is FC(F)(F)c1ccccc1CN1CCN(CCCc2ccccc2)CC1. The highest BCUT2D eigenvalue weighted by molar-refractivity contribution is 5.29. The van der Waals surface area contributed by atoms with E-state index in [1.54, 1.807) is 12.1 Å². The van der Waals surface area contributed by atoms with E-state index in [9.17, 15) is 13.2 Å². The monoisotopic (exact) mass is 362 g/mol. The van der Waals surface area contributed by atoms with Gasteiger partial charge in [-0.3, -0.25) is 4.90 Å². The molecule has 0 saturated carbocycles. The lowest BCUT2D eigenvalue weighted by molar-refractivity contribution is -0.138. The highest BCUT2D eigenvalue weighted by atomic mass is 19.4. The second-order valence-electron chi connectivity index (χ2n) is 6.86. The van der Waals surface area contributed by atoms with Crippen LogP contribution in [0, 0.1) is 0 Å². The molecular weight excluding hydrogens is 337 g/mol. The van der Waals surface area contributed by atoms with E-state index < -0.39 is 11.7 Å². The highest BCUT2D eigenvalue weighted by Gasteiger charge is 2.33. The number of halogens is 3. The van der Waals surface area contributed by atoms with E-state index >= 15 is 0 Å². The predicted molar refractivity (Wildman–Crippen MR) is 97.9 cm³/mol. The zero-order valence-electron chi connectivity index (χ0n) is 14.9. The predicted octanol–water partition coefficient (Wildman–Crippen LogP) is 4.46. The third-order valence-corrected chi connectivity index (χ3v) is 4.96. The summed E-state index contributed by atoms with van der Waals surface area (Å²) in [6.45, 7) is 4.89. The molecule has 26 heavy (non-hydrogen) atoms. The molecule has 0 N–H and O–H groups in total. The Morgan fingerprint density at radius 2 is 1.38 bits per heavy atom. The van der Waals surface area contributed by atoms with Gasteiger partial charge in [0.1, 0.15) is 0 Å². The van der Waals surface area contributed by atoms with Crippen molar-refractivity contribution in [2.45, 2.75) is 25.6 Å². The summed E-state index contributed by atoms with van der Waals surface area (Å²) in [7, 11) is 0. The number of nitrogens with zero attached hydrogens (tertiary/aromatic N) is 2. The van der Waals surface area contributed by atoms with Gasteiger partial charge in [0, 0.05) is 32.7 Å². The van der Waals surface area contributed by atoms with E-state index in [0.717, 1.165) is 45.6 Å². The van der Waals surface area contributed by atoms with Crippen molar-refractivity contribution < 1.29 is 13.2 Å². The molecule has 1 aliphatic heterocycles. The molecule has 2 aromatic rings. The molecule has 0 bridgehead atoms. The zero-order chi connectivity index (χ0) is 18.4. The highest BCUT2D eigenvalue weighted by Crippen LogP contribution is 2.32. The normalized spacial score (nSPS) is 16.7. The van der Waals surface area contributed by atoms with Crippen LogP contribution in [0.5, 0.6) is 0 Å². The number of alkyl halides is 3. The van der Waals surface area contributed by atoms with E-state index in [2.05, 4.69) is 34.1 Å². The van der Waals surface area contributed by atoms with Gasteiger partial charge in [0.15, 0.2) is 0 Å². The fourth-order valence-corrected chi connectivity index (χ4v) is 3.50. The minimum atomic E-state index is -4.28. The molecule has 0 unspecified atom stereocenters. The van der Waals surface area contributed by atoms with Gasteiger partial charge in [-0.05, 0) is 36.6 Å². The second kappa shape index (κ2) is 8.69. The minimum absolute atomic E-state index is 0.369. The van der Waals surface area contributed by atoms with Crippen molar-refractivity contribution in [1.82, 2.24) is 9.80 Å². The standard InChI is InChI=1S/C21H25F3N2/c22-21(23,24)20-11-5-4-10-19(20)17-26-15-13-25(14-16-26)12-6-9-18-7-2-1-3-8-18/h1-5,7-8,10-11H,6,9,12-17H2. The quantitative estimate of drug-likeness (QED) is 0.749. The van der Waals surface area contributed by atoms with Crippen LogP contribution in [0.15, 0.2) is 54.6 Å². The van der Waals surface area contributed by atoms with Crippen LogP contribution in [0.1, 0.15) is 23.1 Å². The summed E-state index contributed by atoms with van der Waals surface area (Å²) in [5.41, 5.74) is 1.22. The fraction of sp³-hybridized carbons (Fsp3) is 0.429. The Balaban J connectivity index is 1.44. The van der Waals surface area contributed by atoms with Crippen LogP contribution in [0.25, 0.3) is 0 Å². The van der Waals surface area contributed by atoms with Crippen molar-refractivity contribution >= 4 is 0 Å². The summed E-state index contributed by atoms with van der Waals surface area (Å²) in [4.78, 5) is 4.54. The van der Waals surface area contributed by atoms with Crippen molar-refractivity contribution in [1.29, 1.82) is 0 Å². The number of piperazine rings is 1. The summed E-state index contributed by atoms with van der Waals surface area (Å²) >= 11 is 0. The smallest absolute Gasteiger partial charge is 0.301 e. The average Bonchev–Trinajstić information content (AvgIpc) is 2.64. The largest absolute Gasteiger partial charge is 0.416 e. The van der Waals surface area contributed by atoms with Gasteiger partial charge in [-0.1, -0.05) is 48.5 Å². The van der Waals surface area contributed by atoms with Crippen molar-refractivity contribution in [3.63, 3.8) is 0 Å². The second-order valence-corrected chi connectivity index (χ2v) is 6.86. The summed E-state index contributed by atoms with van der Waals surface area (Å²) in [5.74, 6) is 0. The maximum atomic E-state index is 13.1. The number of benzene rings is 2. The summed E-state index contributed by atoms with van der Waals surface area (Å²) < 4.78 is 39.4. The van der Waals surface area contributed by atoms with Gasteiger partial charge in [-0.2, -0.15) is 13.2 Å². The van der Waals surface area contributed by atoms with E-state index in [1.807, 2.05) is 6.07 Å². The molecule has 1 heterocycles. The third-order valence-electron chi connectivity index (χ3n) is 4.96. The van der Waals surface area contributed by atoms with Gasteiger partial charge in [-0.25, -0.2) is 0 Å². The molecule has 0 amide bonds. The van der Waals surface area contributed by atoms with Crippen LogP contribution in [-0.2, 0) is 19.1 Å². The topological polar surface area (TPSA) is 6.48 Å². The first-order valence-electron chi connectivity index (χ1n) is 9.16. The fourth-order valence-electron chi connectivity index (χ4n) is 3.50. The molecule has 140 valence electrons. The summed E-state index contributed by atoms with van der Waals surface area (Å²) in [6.07, 6.45) is -2.10. The van der Waals surface area contributed by atoms with Crippen molar-refractivity contribution in [2.24, 2.45) is 0 Å². The maximum Gasteiger partial charge on any atom is 0.416 e. The first kappa shape index (κ1) is 18.9. The van der Waals surface area contributed by atoms with Crippen LogP contribution < -0.4 is 0 Å². The molecular formula is C21H25F3N2. The Morgan fingerprint density at radius 3 is 2.08 bits per heavy atom. The molecule has 0 aliphatic carbocycles. The summed E-state index contributed by atoms with van der Waals surface area (Å²) in [5, 5.41) is 0. The number of hydrogen-bond donors (Lipinski definition) is 0. The molecule has 3 rings (SSSR count). The van der Waals surface area contributed by atoms with Gasteiger partial charge in [-0.15, -0.1) is 0 Å². The van der Waals surface area contributed by atoms with E-state index in [4.69, 9.17) is 0 Å². The Morgan fingerprint density at radius 1 is 0.769 bits per heavy atom. The molecule has 1 fully saturated rings. The Bertz CT molecular complexity index is 677. The van der Waals surface area contributed by atoms with Crippen molar-refractivity contribution in [3.8, 4) is 0 Å². The van der Waals surface area contributed by atoms with Gasteiger partial charge in [0.05, 0.1) is 5.56 Å². The Hall–Kier alpha value is -1.85. The first-order chi connectivity index (χ1) is 12.5. The van der Waals surface area contributed by atoms with Gasteiger partial charge in [0.2, 0.25) is 0 Å². The number of rotatable bonds is 6. The molecule has 2 nitrogen and oxygen atoms in total. The van der Waals surface area contributed by atoms with Gasteiger partial charge < -0.3 is 4.90 Å². The zero-order valence-corrected chi connectivity index (χ0v) is 14.9. The molecule has 0 atom stereocenters. The molecule has 1 saturated heterocycles. The van der Waals surface area contributed by atoms with E-state index in [1.165, 1.54) is 17.7 Å². The van der Waals surface area contributed by atoms with Gasteiger partial charge >= 0.3 is 6.18 Å². The maximum absolute atomic E-state index is 13.1. The minimum Gasteiger partial charge on any atom is -0.301 e. The number of aryl methyl sites for hydroxylation is 1. The molecule has 0 spiro atoms. The summed E-state index contributed by atoms with van der Waals surface area (Å²) in [6, 6.07) is 16.4. The lowest BCUT2D eigenvalue weighted by Gasteiger charge is -2.35. The Labute approximate surface area is 153 Å².